The van der Waals surface area contributed by atoms with Gasteiger partial charge >= 0.3 is 5.97 Å². The molecule has 49 heavy (non-hydrogen) atoms. The van der Waals surface area contributed by atoms with Crippen LogP contribution in [0.3, 0.4) is 0 Å². The zero-order valence-corrected chi connectivity index (χ0v) is 29.3. The van der Waals surface area contributed by atoms with Gasteiger partial charge in [-0.1, -0.05) is 51.1 Å². The molecule has 1 unspecified atom stereocenters. The van der Waals surface area contributed by atoms with E-state index in [0.29, 0.717) is 0 Å². The number of carbonyl (C=O) groups is 2. The number of methoxy groups -OCH3 is 1. The number of piperidine rings is 1. The third kappa shape index (κ3) is 8.70. The van der Waals surface area contributed by atoms with E-state index < -0.39 is 39.4 Å². The molecule has 0 bridgehead atoms. The van der Waals surface area contributed by atoms with E-state index in [0.717, 1.165) is 63.0 Å². The van der Waals surface area contributed by atoms with Gasteiger partial charge in [-0.05, 0) is 66.9 Å². The topological polar surface area (TPSA) is 153 Å². The number of sulfonamides is 1. The summed E-state index contributed by atoms with van der Waals surface area (Å²) in [5.41, 5.74) is -0.394. The standard InChI is InChI=1S/C36H46N6O6S/c1-35(2,3)36(24-32(43)44,40-49(46,47)31-8-6-5-7-9-31)39-33(45)27-12-14-29(15-13-27)41-21-18-28(19-22-41)38-34-37-20-23-42(34)25-26-10-16-30(48-4)17-11-26/h5-17,28,40H,18-25H2,1-4H3,(H,37,38)(H,39,45)(H,43,44). The third-order valence-corrected chi connectivity index (χ3v) is 10.7. The highest BCUT2D eigenvalue weighted by Crippen LogP contribution is 2.34. The number of carboxylic acid groups (broad SMARTS) is 1. The monoisotopic (exact) mass is 690 g/mol. The number of hydrogen-bond acceptors (Lipinski definition) is 9. The van der Waals surface area contributed by atoms with Gasteiger partial charge in [0, 0.05) is 48.9 Å². The van der Waals surface area contributed by atoms with Crippen molar-refractivity contribution in [3.8, 4) is 5.75 Å². The predicted octanol–water partition coefficient (Wildman–Crippen LogP) is 4.05. The van der Waals surface area contributed by atoms with Gasteiger partial charge < -0.3 is 30.3 Å². The molecule has 5 rings (SSSR count). The highest BCUT2D eigenvalue weighted by atomic mass is 32.2. The molecular weight excluding hydrogens is 644 g/mol. The van der Waals surface area contributed by atoms with Gasteiger partial charge in [0.1, 0.15) is 11.4 Å². The van der Waals surface area contributed by atoms with Crippen molar-refractivity contribution in [1.29, 1.82) is 0 Å². The fourth-order valence-electron chi connectivity index (χ4n) is 6.11. The van der Waals surface area contributed by atoms with E-state index in [2.05, 4.69) is 37.3 Å². The van der Waals surface area contributed by atoms with Crippen LogP contribution in [-0.4, -0.2) is 81.3 Å². The summed E-state index contributed by atoms with van der Waals surface area (Å²) >= 11 is 0. The Morgan fingerprint density at radius 3 is 2.18 bits per heavy atom. The number of hydrogen-bond donors (Lipinski definition) is 4. The molecule has 0 radical (unpaired) electrons. The molecule has 262 valence electrons. The molecule has 2 aliphatic rings. The summed E-state index contributed by atoms with van der Waals surface area (Å²) in [5.74, 6) is -0.0726. The Hall–Kier alpha value is -4.62. The molecule has 1 saturated heterocycles. The summed E-state index contributed by atoms with van der Waals surface area (Å²) in [4.78, 5) is 34.9. The van der Waals surface area contributed by atoms with Crippen molar-refractivity contribution in [3.05, 3.63) is 90.0 Å². The van der Waals surface area contributed by atoms with Crippen molar-refractivity contribution in [2.45, 2.75) is 63.2 Å². The maximum atomic E-state index is 13.6. The molecule has 3 aromatic carbocycles. The number of aliphatic carboxylic acids is 1. The van der Waals surface area contributed by atoms with E-state index in [4.69, 9.17) is 9.73 Å². The smallest absolute Gasteiger partial charge is 0.307 e. The Kier molecular flexibility index (Phi) is 10.8. The van der Waals surface area contributed by atoms with Crippen LogP contribution in [0.1, 0.15) is 56.0 Å². The molecule has 3 aromatic rings. The van der Waals surface area contributed by atoms with Crippen LogP contribution in [-0.2, 0) is 21.4 Å². The Labute approximate surface area is 288 Å². The number of guanidine groups is 1. The number of rotatable bonds is 12. The molecule has 0 saturated carbocycles. The minimum absolute atomic E-state index is 0.0336. The van der Waals surface area contributed by atoms with Crippen LogP contribution in [0, 0.1) is 5.41 Å². The normalized spacial score (nSPS) is 16.9. The summed E-state index contributed by atoms with van der Waals surface area (Å²) in [5, 5.41) is 16.2. The molecule has 0 spiro atoms. The van der Waals surface area contributed by atoms with Crippen molar-refractivity contribution in [1.82, 2.24) is 20.3 Å². The summed E-state index contributed by atoms with van der Waals surface area (Å²) in [6.07, 6.45) is 1.17. The van der Waals surface area contributed by atoms with Crippen molar-refractivity contribution in [3.63, 3.8) is 0 Å². The fraction of sp³-hybridized carbons (Fsp3) is 0.417. The van der Waals surface area contributed by atoms with Crippen LogP contribution >= 0.6 is 0 Å². The molecule has 0 aromatic heterocycles. The quantitative estimate of drug-likeness (QED) is 0.206. The van der Waals surface area contributed by atoms with E-state index in [-0.39, 0.29) is 16.5 Å². The number of benzene rings is 3. The van der Waals surface area contributed by atoms with Gasteiger partial charge in [-0.15, -0.1) is 0 Å². The van der Waals surface area contributed by atoms with E-state index in [1.165, 1.54) is 17.7 Å². The second kappa shape index (κ2) is 14.9. The maximum absolute atomic E-state index is 13.6. The molecule has 2 heterocycles. The first-order valence-electron chi connectivity index (χ1n) is 16.5. The minimum atomic E-state index is -4.18. The minimum Gasteiger partial charge on any atom is -0.497 e. The second-order valence-electron chi connectivity index (χ2n) is 13.5. The highest BCUT2D eigenvalue weighted by molar-refractivity contribution is 7.89. The van der Waals surface area contributed by atoms with Crippen LogP contribution in [0.5, 0.6) is 5.75 Å². The van der Waals surface area contributed by atoms with E-state index >= 15 is 0 Å². The number of carbonyl (C=O) groups excluding carboxylic acids is 1. The first-order chi connectivity index (χ1) is 23.3. The Bertz CT molecular complexity index is 1740. The summed E-state index contributed by atoms with van der Waals surface area (Å²) < 4.78 is 34.5. The molecule has 13 heteroatoms. The zero-order chi connectivity index (χ0) is 35.2. The third-order valence-electron chi connectivity index (χ3n) is 9.17. The van der Waals surface area contributed by atoms with Crippen molar-refractivity contribution in [2.24, 2.45) is 10.4 Å². The largest absolute Gasteiger partial charge is 0.497 e. The van der Waals surface area contributed by atoms with Crippen molar-refractivity contribution >= 4 is 33.5 Å². The predicted molar refractivity (Wildman–Crippen MR) is 189 cm³/mol. The number of ether oxygens (including phenoxy) is 1. The van der Waals surface area contributed by atoms with E-state index in [1.54, 1.807) is 58.2 Å². The summed E-state index contributed by atoms with van der Waals surface area (Å²) in [6.45, 7) is 9.11. The van der Waals surface area contributed by atoms with E-state index in [1.807, 2.05) is 24.3 Å². The van der Waals surface area contributed by atoms with Crippen molar-refractivity contribution < 1.29 is 27.9 Å². The average Bonchev–Trinajstić information content (AvgIpc) is 3.50. The number of nitrogens with zero attached hydrogens (tertiary/aromatic N) is 3. The lowest BCUT2D eigenvalue weighted by atomic mass is 9.78. The van der Waals surface area contributed by atoms with Gasteiger partial charge in [0.05, 0.1) is 25.0 Å². The molecule has 1 atom stereocenters. The molecule has 1 fully saturated rings. The van der Waals surface area contributed by atoms with Gasteiger partial charge in [-0.25, -0.2) is 8.42 Å². The van der Waals surface area contributed by atoms with Crippen LogP contribution in [0.4, 0.5) is 5.69 Å². The Morgan fingerprint density at radius 2 is 1.59 bits per heavy atom. The number of carboxylic acids is 1. The Morgan fingerprint density at radius 1 is 0.939 bits per heavy atom. The lowest BCUT2D eigenvalue weighted by Crippen LogP contribution is -2.68. The van der Waals surface area contributed by atoms with Gasteiger partial charge in [0.25, 0.3) is 5.91 Å². The zero-order valence-electron chi connectivity index (χ0n) is 28.5. The average molecular weight is 691 g/mol. The second-order valence-corrected chi connectivity index (χ2v) is 15.2. The van der Waals surface area contributed by atoms with Crippen LogP contribution in [0.2, 0.25) is 0 Å². The van der Waals surface area contributed by atoms with E-state index in [9.17, 15) is 23.1 Å². The number of amides is 1. The first-order valence-corrected chi connectivity index (χ1v) is 17.9. The first kappa shape index (κ1) is 35.7. The number of anilines is 1. The fourth-order valence-corrected chi connectivity index (χ4v) is 7.63. The molecular formula is C36H46N6O6S. The van der Waals surface area contributed by atoms with Gasteiger partial charge in [0.15, 0.2) is 5.96 Å². The van der Waals surface area contributed by atoms with Gasteiger partial charge in [-0.3, -0.25) is 14.6 Å². The summed E-state index contributed by atoms with van der Waals surface area (Å²) in [6, 6.07) is 23.1. The van der Waals surface area contributed by atoms with Crippen LogP contribution < -0.4 is 25.0 Å². The lowest BCUT2D eigenvalue weighted by Gasteiger charge is -2.44. The molecule has 12 nitrogen and oxygen atoms in total. The van der Waals surface area contributed by atoms with Crippen molar-refractivity contribution in [2.75, 3.05) is 38.2 Å². The molecule has 0 aliphatic carbocycles. The summed E-state index contributed by atoms with van der Waals surface area (Å²) in [7, 11) is -2.52. The maximum Gasteiger partial charge on any atom is 0.307 e. The lowest BCUT2D eigenvalue weighted by molar-refractivity contribution is -0.140. The van der Waals surface area contributed by atoms with Gasteiger partial charge in [-0.2, -0.15) is 4.72 Å². The highest BCUT2D eigenvalue weighted by Gasteiger charge is 2.48. The van der Waals surface area contributed by atoms with Crippen LogP contribution in [0.25, 0.3) is 0 Å². The Balaban J connectivity index is 1.20. The van der Waals surface area contributed by atoms with Gasteiger partial charge in [0.2, 0.25) is 10.0 Å². The SMILES string of the molecule is COc1ccc(CN2CCN=C2NC2CCN(c3ccc(C(=O)NC(CC(=O)O)(NS(=O)(=O)c4ccccc4)C(C)(C)C)cc3)CC2)cc1. The molecule has 4 N–H and O–H groups in total. The molecule has 1 amide bonds. The number of nitrogens with one attached hydrogen (secondary N) is 3. The number of aliphatic imine (C=N–C) groups is 1. The van der Waals surface area contributed by atoms with Crippen LogP contribution in [0.15, 0.2) is 88.8 Å². The molecule has 2 aliphatic heterocycles.